The Hall–Kier alpha value is -1.83. The van der Waals surface area contributed by atoms with E-state index in [0.717, 1.165) is 51.1 Å². The van der Waals surface area contributed by atoms with Crippen molar-refractivity contribution in [3.05, 3.63) is 18.3 Å². The average molecular weight is 423 g/mol. The number of carbonyl (C=O) groups excluding carboxylic acids is 1. The minimum Gasteiger partial charge on any atom is -0.478 e. The van der Waals surface area contributed by atoms with Crippen molar-refractivity contribution in [2.45, 2.75) is 55.9 Å². The Morgan fingerprint density at radius 2 is 1.97 bits per heavy atom. The van der Waals surface area contributed by atoms with Crippen molar-refractivity contribution in [3.63, 3.8) is 0 Å². The van der Waals surface area contributed by atoms with E-state index >= 15 is 0 Å². The molecule has 3 aliphatic rings. The zero-order valence-electron chi connectivity index (χ0n) is 17.0. The lowest BCUT2D eigenvalue weighted by atomic mass is 9.90. The minimum atomic E-state index is -3.23. The molecule has 0 radical (unpaired) electrons. The molecule has 0 aromatic carbocycles. The first-order valence-corrected chi connectivity index (χ1v) is 12.5. The van der Waals surface area contributed by atoms with E-state index in [9.17, 15) is 13.2 Å². The minimum absolute atomic E-state index is 0.122. The molecule has 2 unspecified atom stereocenters. The zero-order valence-corrected chi connectivity index (χ0v) is 17.8. The van der Waals surface area contributed by atoms with Crippen molar-refractivity contribution in [2.75, 3.05) is 26.0 Å². The second-order valence-corrected chi connectivity index (χ2v) is 10.7. The van der Waals surface area contributed by atoms with Crippen LogP contribution in [0.1, 0.15) is 44.9 Å². The number of carbonyl (C=O) groups is 1. The summed E-state index contributed by atoms with van der Waals surface area (Å²) in [5.74, 6) is 2.58. The van der Waals surface area contributed by atoms with Crippen molar-refractivity contribution in [3.8, 4) is 5.88 Å². The summed E-state index contributed by atoms with van der Waals surface area (Å²) in [6.07, 6.45) is 10.1. The van der Waals surface area contributed by atoms with Gasteiger partial charge in [0, 0.05) is 31.6 Å². The Labute approximate surface area is 172 Å². The molecule has 29 heavy (non-hydrogen) atoms. The van der Waals surface area contributed by atoms with Gasteiger partial charge in [0.05, 0.1) is 11.5 Å². The molecule has 0 N–H and O–H groups in total. The van der Waals surface area contributed by atoms with Gasteiger partial charge in [0.2, 0.25) is 5.88 Å². The SMILES string of the molecule is CS(=O)(=O)c1ccc(OCCC2CC2C2CCN(C(=O)OC3CCC3)CC2)nc1. The lowest BCUT2D eigenvalue weighted by molar-refractivity contribution is 0.0195. The number of hydrogen-bond donors (Lipinski definition) is 0. The molecular formula is C21H30N2O5S. The first-order valence-electron chi connectivity index (χ1n) is 10.6. The second kappa shape index (κ2) is 8.50. The van der Waals surface area contributed by atoms with Crippen LogP contribution in [0.25, 0.3) is 0 Å². The van der Waals surface area contributed by atoms with Crippen molar-refractivity contribution in [1.29, 1.82) is 0 Å². The fraction of sp³-hybridized carbons (Fsp3) is 0.714. The predicted molar refractivity (Wildman–Crippen MR) is 107 cm³/mol. The average Bonchev–Trinajstić information content (AvgIpc) is 3.44. The monoisotopic (exact) mass is 422 g/mol. The molecule has 3 fully saturated rings. The predicted octanol–water partition coefficient (Wildman–Crippen LogP) is 3.29. The highest BCUT2D eigenvalue weighted by Crippen LogP contribution is 2.49. The highest BCUT2D eigenvalue weighted by molar-refractivity contribution is 7.90. The maximum Gasteiger partial charge on any atom is 0.410 e. The van der Waals surface area contributed by atoms with Crippen molar-refractivity contribution < 1.29 is 22.7 Å². The van der Waals surface area contributed by atoms with Gasteiger partial charge in [-0.15, -0.1) is 0 Å². The van der Waals surface area contributed by atoms with Gasteiger partial charge in [-0.1, -0.05) is 0 Å². The molecular weight excluding hydrogens is 392 g/mol. The third-order valence-corrected chi connectivity index (χ3v) is 7.67. The number of likely N-dealkylation sites (tertiary alicyclic amines) is 1. The van der Waals surface area contributed by atoms with Crippen LogP contribution in [0.3, 0.4) is 0 Å². The van der Waals surface area contributed by atoms with Crippen LogP contribution in [0, 0.1) is 17.8 Å². The van der Waals surface area contributed by atoms with Crippen molar-refractivity contribution >= 4 is 15.9 Å². The van der Waals surface area contributed by atoms with Crippen LogP contribution in [-0.2, 0) is 14.6 Å². The molecule has 8 heteroatoms. The summed E-state index contributed by atoms with van der Waals surface area (Å²) in [5.41, 5.74) is 0. The van der Waals surface area contributed by atoms with E-state index in [-0.39, 0.29) is 17.1 Å². The topological polar surface area (TPSA) is 85.8 Å². The highest BCUT2D eigenvalue weighted by atomic mass is 32.2. The van der Waals surface area contributed by atoms with Crippen LogP contribution < -0.4 is 4.74 Å². The first kappa shape index (κ1) is 20.4. The Kier molecular flexibility index (Phi) is 5.99. The molecule has 7 nitrogen and oxygen atoms in total. The summed E-state index contributed by atoms with van der Waals surface area (Å²) in [7, 11) is -3.23. The number of piperidine rings is 1. The van der Waals surface area contributed by atoms with Gasteiger partial charge in [0.15, 0.2) is 9.84 Å². The van der Waals surface area contributed by atoms with E-state index in [1.807, 2.05) is 4.90 Å². The van der Waals surface area contributed by atoms with Crippen LogP contribution in [-0.4, -0.2) is 56.5 Å². The van der Waals surface area contributed by atoms with E-state index in [2.05, 4.69) is 4.98 Å². The summed E-state index contributed by atoms with van der Waals surface area (Å²) in [5, 5.41) is 0. The zero-order chi connectivity index (χ0) is 20.4. The van der Waals surface area contributed by atoms with Crippen LogP contribution in [0.4, 0.5) is 4.79 Å². The lowest BCUT2D eigenvalue weighted by Gasteiger charge is -2.34. The standard InChI is InChI=1S/C21H30N2O5S/c1-29(25,26)18-5-6-20(22-14-18)27-12-9-16-13-19(16)15-7-10-23(11-8-15)21(24)28-17-3-2-4-17/h5-6,14-17,19H,2-4,7-13H2,1H3. The van der Waals surface area contributed by atoms with Gasteiger partial charge in [-0.2, -0.15) is 0 Å². The van der Waals surface area contributed by atoms with Gasteiger partial charge in [-0.25, -0.2) is 18.2 Å². The van der Waals surface area contributed by atoms with Crippen LogP contribution in [0.5, 0.6) is 5.88 Å². The number of nitrogens with zero attached hydrogens (tertiary/aromatic N) is 2. The smallest absolute Gasteiger partial charge is 0.410 e. The van der Waals surface area contributed by atoms with Gasteiger partial charge in [-0.3, -0.25) is 0 Å². The van der Waals surface area contributed by atoms with E-state index in [1.54, 1.807) is 6.07 Å². The van der Waals surface area contributed by atoms with E-state index in [0.29, 0.717) is 24.3 Å². The molecule has 1 aliphatic heterocycles. The van der Waals surface area contributed by atoms with E-state index in [4.69, 9.17) is 9.47 Å². The molecule has 2 saturated carbocycles. The molecule has 2 heterocycles. The van der Waals surface area contributed by atoms with Crippen LogP contribution >= 0.6 is 0 Å². The number of pyridine rings is 1. The molecule has 0 spiro atoms. The quantitative estimate of drug-likeness (QED) is 0.670. The third-order valence-electron chi connectivity index (χ3n) is 6.58. The number of rotatable bonds is 7. The molecule has 4 rings (SSSR count). The number of aromatic nitrogens is 1. The lowest BCUT2D eigenvalue weighted by Crippen LogP contribution is -2.41. The van der Waals surface area contributed by atoms with Gasteiger partial charge in [0.25, 0.3) is 0 Å². The Morgan fingerprint density at radius 3 is 2.55 bits per heavy atom. The maximum absolute atomic E-state index is 12.2. The summed E-state index contributed by atoms with van der Waals surface area (Å²) in [4.78, 5) is 18.3. The van der Waals surface area contributed by atoms with Gasteiger partial charge >= 0.3 is 6.09 Å². The molecule has 2 atom stereocenters. The fourth-order valence-corrected chi connectivity index (χ4v) is 4.94. The number of ether oxygens (including phenoxy) is 2. The number of amides is 1. The normalized spacial score (nSPS) is 25.3. The molecule has 1 amide bonds. The van der Waals surface area contributed by atoms with E-state index in [1.165, 1.54) is 31.4 Å². The maximum atomic E-state index is 12.2. The number of hydrogen-bond acceptors (Lipinski definition) is 6. The Morgan fingerprint density at radius 1 is 1.21 bits per heavy atom. The summed E-state index contributed by atoms with van der Waals surface area (Å²) in [6, 6.07) is 3.14. The summed E-state index contributed by atoms with van der Waals surface area (Å²) in [6.45, 7) is 2.22. The molecule has 1 aromatic heterocycles. The van der Waals surface area contributed by atoms with Gasteiger partial charge in [-0.05, 0) is 68.8 Å². The number of sulfone groups is 1. The van der Waals surface area contributed by atoms with Gasteiger partial charge < -0.3 is 14.4 Å². The molecule has 0 bridgehead atoms. The molecule has 2 aliphatic carbocycles. The van der Waals surface area contributed by atoms with E-state index < -0.39 is 9.84 Å². The Balaban J connectivity index is 1.13. The first-order chi connectivity index (χ1) is 13.9. The van der Waals surface area contributed by atoms with Crippen LogP contribution in [0.2, 0.25) is 0 Å². The second-order valence-electron chi connectivity index (χ2n) is 8.66. The third kappa shape index (κ3) is 5.21. The molecule has 1 saturated heterocycles. The largest absolute Gasteiger partial charge is 0.478 e. The summed E-state index contributed by atoms with van der Waals surface area (Å²) >= 11 is 0. The van der Waals surface area contributed by atoms with Gasteiger partial charge in [0.1, 0.15) is 6.10 Å². The Bertz CT molecular complexity index is 814. The highest BCUT2D eigenvalue weighted by Gasteiger charge is 2.43. The van der Waals surface area contributed by atoms with Crippen molar-refractivity contribution in [1.82, 2.24) is 9.88 Å². The molecule has 160 valence electrons. The fourth-order valence-electron chi connectivity index (χ4n) is 4.38. The molecule has 1 aromatic rings. The van der Waals surface area contributed by atoms with Crippen molar-refractivity contribution in [2.24, 2.45) is 17.8 Å². The summed E-state index contributed by atoms with van der Waals surface area (Å²) < 4.78 is 34.1. The van der Waals surface area contributed by atoms with Crippen LogP contribution in [0.15, 0.2) is 23.2 Å².